The number of thioether (sulfide) groups is 1. The van der Waals surface area contributed by atoms with Gasteiger partial charge in [0.2, 0.25) is 0 Å². The van der Waals surface area contributed by atoms with E-state index in [-0.39, 0.29) is 10.8 Å². The van der Waals surface area contributed by atoms with Crippen LogP contribution in [0.1, 0.15) is 32.5 Å². The van der Waals surface area contributed by atoms with E-state index < -0.39 is 0 Å². The molecule has 1 aliphatic heterocycles. The summed E-state index contributed by atoms with van der Waals surface area (Å²) in [5, 5.41) is 5.96. The molecule has 0 radical (unpaired) electrons. The highest BCUT2D eigenvalue weighted by Crippen LogP contribution is 2.36. The van der Waals surface area contributed by atoms with E-state index in [0.29, 0.717) is 12.5 Å². The van der Waals surface area contributed by atoms with E-state index >= 15 is 0 Å². The number of hydrogen-bond donors (Lipinski definition) is 2. The average molecular weight is 310 g/mol. The molecule has 6 heteroatoms. The molecule has 2 rings (SSSR count). The summed E-state index contributed by atoms with van der Waals surface area (Å²) < 4.78 is 2.33. The number of hydrogen-bond acceptors (Lipinski definition) is 3. The van der Waals surface area contributed by atoms with Crippen molar-refractivity contribution < 1.29 is 4.79 Å². The second-order valence-electron chi connectivity index (χ2n) is 6.20. The fraction of sp³-hybridized carbons (Fsp3) is 0.733. The highest BCUT2D eigenvalue weighted by Gasteiger charge is 2.29. The van der Waals surface area contributed by atoms with Crippen molar-refractivity contribution in [3.63, 3.8) is 0 Å². The van der Waals surface area contributed by atoms with Gasteiger partial charge in [-0.05, 0) is 38.4 Å². The van der Waals surface area contributed by atoms with Crippen molar-refractivity contribution in [2.24, 2.45) is 5.92 Å². The first-order valence-corrected chi connectivity index (χ1v) is 8.60. The van der Waals surface area contributed by atoms with Crippen molar-refractivity contribution in [1.82, 2.24) is 20.2 Å². The lowest BCUT2D eigenvalue weighted by Crippen LogP contribution is -2.43. The third-order valence-corrected chi connectivity index (χ3v) is 5.50. The SMILES string of the molecule is Cc1nccn1C[C@@H](C)CNC(=O)NC[C@@]1(C)CCCS1. The number of nitrogens with one attached hydrogen (secondary N) is 2. The normalized spacial score (nSPS) is 23.0. The molecule has 1 aromatic rings. The van der Waals surface area contributed by atoms with Gasteiger partial charge < -0.3 is 15.2 Å². The maximum atomic E-state index is 11.9. The van der Waals surface area contributed by atoms with Crippen molar-refractivity contribution >= 4 is 17.8 Å². The Kier molecular flexibility index (Phi) is 5.56. The Morgan fingerprint density at radius 3 is 3.00 bits per heavy atom. The third kappa shape index (κ3) is 4.95. The average Bonchev–Trinajstić information content (AvgIpc) is 3.05. The lowest BCUT2D eigenvalue weighted by atomic mass is 10.1. The number of nitrogens with zero attached hydrogens (tertiary/aromatic N) is 2. The first-order valence-electron chi connectivity index (χ1n) is 7.62. The standard InChI is InChI=1S/C15H26N4OS/c1-12(10-19-7-6-16-13(19)2)9-17-14(20)18-11-15(3)5-4-8-21-15/h6-7,12H,4-5,8-11H2,1-3H3,(H2,17,18,20)/t12-,15+/m0/s1. The number of aryl methyl sites for hydroxylation is 1. The Bertz CT molecular complexity index is 468. The molecule has 1 fully saturated rings. The fourth-order valence-electron chi connectivity index (χ4n) is 2.57. The topological polar surface area (TPSA) is 59.0 Å². The largest absolute Gasteiger partial charge is 0.338 e. The van der Waals surface area contributed by atoms with E-state index in [2.05, 4.69) is 34.0 Å². The molecule has 2 N–H and O–H groups in total. The van der Waals surface area contributed by atoms with Crippen molar-refractivity contribution in [3.8, 4) is 0 Å². The molecule has 0 spiro atoms. The lowest BCUT2D eigenvalue weighted by molar-refractivity contribution is 0.237. The molecule has 118 valence electrons. The van der Waals surface area contributed by atoms with Crippen LogP contribution < -0.4 is 10.6 Å². The third-order valence-electron chi connectivity index (χ3n) is 3.97. The molecular weight excluding hydrogens is 284 g/mol. The van der Waals surface area contributed by atoms with Gasteiger partial charge in [0.1, 0.15) is 5.82 Å². The molecule has 2 atom stereocenters. The van der Waals surface area contributed by atoms with Gasteiger partial charge in [0.05, 0.1) is 0 Å². The highest BCUT2D eigenvalue weighted by atomic mass is 32.2. The Morgan fingerprint density at radius 2 is 2.38 bits per heavy atom. The maximum absolute atomic E-state index is 11.9. The van der Waals surface area contributed by atoms with Gasteiger partial charge in [-0.15, -0.1) is 0 Å². The van der Waals surface area contributed by atoms with E-state index in [1.807, 2.05) is 31.1 Å². The molecule has 0 bridgehead atoms. The molecule has 21 heavy (non-hydrogen) atoms. The summed E-state index contributed by atoms with van der Waals surface area (Å²) in [5.41, 5.74) is 0. The van der Waals surface area contributed by atoms with E-state index in [1.165, 1.54) is 18.6 Å². The van der Waals surface area contributed by atoms with Crippen LogP contribution in [0.2, 0.25) is 0 Å². The van der Waals surface area contributed by atoms with Gasteiger partial charge in [-0.3, -0.25) is 0 Å². The van der Waals surface area contributed by atoms with E-state index in [1.54, 1.807) is 0 Å². The summed E-state index contributed by atoms with van der Waals surface area (Å²) in [6.45, 7) is 8.65. The molecule has 0 aliphatic carbocycles. The summed E-state index contributed by atoms with van der Waals surface area (Å²) >= 11 is 1.96. The van der Waals surface area contributed by atoms with Crippen LogP contribution in [0.4, 0.5) is 4.79 Å². The predicted octanol–water partition coefficient (Wildman–Crippen LogP) is 2.41. The zero-order valence-corrected chi connectivity index (χ0v) is 14.0. The smallest absolute Gasteiger partial charge is 0.314 e. The van der Waals surface area contributed by atoms with Crippen LogP contribution in [-0.2, 0) is 6.54 Å². The van der Waals surface area contributed by atoms with Crippen LogP contribution in [-0.4, -0.2) is 39.2 Å². The summed E-state index contributed by atoms with van der Waals surface area (Å²) in [6.07, 6.45) is 6.23. The van der Waals surface area contributed by atoms with Crippen LogP contribution >= 0.6 is 11.8 Å². The van der Waals surface area contributed by atoms with E-state index in [4.69, 9.17) is 0 Å². The Balaban J connectivity index is 1.65. The zero-order valence-electron chi connectivity index (χ0n) is 13.2. The number of aromatic nitrogens is 2. The summed E-state index contributed by atoms with van der Waals surface area (Å²) in [6, 6.07) is -0.0575. The molecule has 1 aliphatic rings. The molecule has 0 unspecified atom stereocenters. The van der Waals surface area contributed by atoms with Crippen LogP contribution in [0.3, 0.4) is 0 Å². The summed E-state index contributed by atoms with van der Waals surface area (Å²) in [4.78, 5) is 16.1. The van der Waals surface area contributed by atoms with Crippen LogP contribution in [0, 0.1) is 12.8 Å². The van der Waals surface area contributed by atoms with Gasteiger partial charge in [0.15, 0.2) is 0 Å². The highest BCUT2D eigenvalue weighted by molar-refractivity contribution is 8.00. The first kappa shape index (κ1) is 16.2. The minimum Gasteiger partial charge on any atom is -0.338 e. The second kappa shape index (κ2) is 7.20. The molecule has 2 heterocycles. The fourth-order valence-corrected chi connectivity index (χ4v) is 3.81. The zero-order chi connectivity index (χ0) is 15.3. The molecule has 1 aromatic heterocycles. The van der Waals surface area contributed by atoms with Gasteiger partial charge in [0, 0.05) is 36.8 Å². The molecule has 2 amide bonds. The van der Waals surface area contributed by atoms with Crippen molar-refractivity contribution in [2.45, 2.75) is 44.9 Å². The van der Waals surface area contributed by atoms with Gasteiger partial charge in [-0.2, -0.15) is 11.8 Å². The number of carbonyl (C=O) groups is 1. The molecule has 0 aromatic carbocycles. The molecule has 0 saturated carbocycles. The van der Waals surface area contributed by atoms with Crippen LogP contribution in [0.5, 0.6) is 0 Å². The number of urea groups is 1. The van der Waals surface area contributed by atoms with Crippen molar-refractivity contribution in [2.75, 3.05) is 18.8 Å². The molecule has 1 saturated heterocycles. The Morgan fingerprint density at radius 1 is 1.57 bits per heavy atom. The summed E-state index contributed by atoms with van der Waals surface area (Å²) in [5.74, 6) is 2.60. The predicted molar refractivity (Wildman–Crippen MR) is 87.6 cm³/mol. The monoisotopic (exact) mass is 310 g/mol. The number of carbonyl (C=O) groups excluding carboxylic acids is 1. The molecule has 5 nitrogen and oxygen atoms in total. The lowest BCUT2D eigenvalue weighted by Gasteiger charge is -2.23. The molecular formula is C15H26N4OS. The summed E-state index contributed by atoms with van der Waals surface area (Å²) in [7, 11) is 0. The van der Waals surface area contributed by atoms with Crippen LogP contribution in [0.25, 0.3) is 0 Å². The van der Waals surface area contributed by atoms with E-state index in [0.717, 1.165) is 18.9 Å². The van der Waals surface area contributed by atoms with Crippen molar-refractivity contribution in [1.29, 1.82) is 0 Å². The van der Waals surface area contributed by atoms with E-state index in [9.17, 15) is 4.79 Å². The van der Waals surface area contributed by atoms with Gasteiger partial charge >= 0.3 is 6.03 Å². The van der Waals surface area contributed by atoms with Crippen LogP contribution in [0.15, 0.2) is 12.4 Å². The second-order valence-corrected chi connectivity index (χ2v) is 7.88. The minimum atomic E-state index is -0.0575. The Hall–Kier alpha value is -1.17. The minimum absolute atomic E-state index is 0.0575. The first-order chi connectivity index (χ1) is 9.98. The Labute approximate surface area is 131 Å². The van der Waals surface area contributed by atoms with Gasteiger partial charge in [-0.25, -0.2) is 9.78 Å². The quantitative estimate of drug-likeness (QED) is 0.848. The number of imidazole rings is 1. The maximum Gasteiger partial charge on any atom is 0.314 e. The van der Waals surface area contributed by atoms with Crippen molar-refractivity contribution in [3.05, 3.63) is 18.2 Å². The van der Waals surface area contributed by atoms with Gasteiger partial charge in [-0.1, -0.05) is 6.92 Å². The number of amides is 2. The number of rotatable bonds is 6. The van der Waals surface area contributed by atoms with Gasteiger partial charge in [0.25, 0.3) is 0 Å².